The zero-order chi connectivity index (χ0) is 22.9. The molecule has 1 unspecified atom stereocenters. The summed E-state index contributed by atoms with van der Waals surface area (Å²) in [6.07, 6.45) is 2.16. The van der Waals surface area contributed by atoms with E-state index in [1.807, 2.05) is 30.3 Å². The lowest BCUT2D eigenvalue weighted by Gasteiger charge is -2.23. The summed E-state index contributed by atoms with van der Waals surface area (Å²) in [5.74, 6) is 0.583. The highest BCUT2D eigenvalue weighted by Gasteiger charge is 2.55. The molecule has 7 rings (SSSR count). The van der Waals surface area contributed by atoms with Crippen LogP contribution in [0.4, 0.5) is 0 Å². The Hall–Kier alpha value is -3.94. The normalized spacial score (nSPS) is 24.3. The molecule has 0 bridgehead atoms. The number of aliphatic imine (C=N–C) groups is 1. The molecule has 1 atom stereocenters. The average Bonchev–Trinajstić information content (AvgIpc) is 3.38. The van der Waals surface area contributed by atoms with Crippen molar-refractivity contribution >= 4 is 17.4 Å². The van der Waals surface area contributed by atoms with E-state index in [2.05, 4.69) is 33.5 Å². The molecule has 1 saturated carbocycles. The second-order valence-corrected chi connectivity index (χ2v) is 9.46. The number of nitrogens with one attached hydrogen (secondary N) is 2. The highest BCUT2D eigenvalue weighted by molar-refractivity contribution is 6.14. The number of benzene rings is 2. The molecule has 2 fully saturated rings. The van der Waals surface area contributed by atoms with Crippen molar-refractivity contribution < 1.29 is 4.79 Å². The molecular formula is C26H24N6O2. The maximum Gasteiger partial charge on any atom is 0.277 e. The zero-order valence-corrected chi connectivity index (χ0v) is 18.7. The van der Waals surface area contributed by atoms with Crippen LogP contribution in [0.25, 0.3) is 5.57 Å². The maximum atomic E-state index is 13.9. The Kier molecular flexibility index (Phi) is 4.04. The number of hydrogen-bond donors (Lipinski definition) is 2. The predicted molar refractivity (Wildman–Crippen MR) is 126 cm³/mol. The molecule has 8 heteroatoms. The Morgan fingerprint density at radius 3 is 2.29 bits per heavy atom. The first-order valence-electron chi connectivity index (χ1n) is 11.8. The van der Waals surface area contributed by atoms with Crippen molar-refractivity contribution in [2.45, 2.75) is 51.0 Å². The quantitative estimate of drug-likeness (QED) is 0.531. The van der Waals surface area contributed by atoms with Gasteiger partial charge in [0.25, 0.3) is 11.5 Å². The molecule has 2 N–H and O–H groups in total. The first kappa shape index (κ1) is 19.5. The lowest BCUT2D eigenvalue weighted by atomic mass is 9.92. The van der Waals surface area contributed by atoms with E-state index in [0.717, 1.165) is 34.2 Å². The van der Waals surface area contributed by atoms with E-state index in [4.69, 9.17) is 4.99 Å². The van der Waals surface area contributed by atoms with Gasteiger partial charge in [0.1, 0.15) is 10.9 Å². The van der Waals surface area contributed by atoms with Crippen molar-refractivity contribution in [1.29, 1.82) is 0 Å². The molecule has 3 aliphatic heterocycles. The number of amides is 1. The third-order valence-electron chi connectivity index (χ3n) is 7.63. The fraction of sp³-hybridized carbons (Fsp3) is 0.308. The van der Waals surface area contributed by atoms with Crippen LogP contribution < -0.4 is 21.8 Å². The number of carbonyl (C=O) groups is 1. The number of rotatable bonds is 0. The average molecular weight is 453 g/mol. The smallest absolute Gasteiger partial charge is 0.277 e. The molecule has 8 nitrogen and oxygen atoms in total. The van der Waals surface area contributed by atoms with Gasteiger partial charge < -0.3 is 10.3 Å². The molecule has 34 heavy (non-hydrogen) atoms. The van der Waals surface area contributed by atoms with Crippen LogP contribution in [0, 0.1) is 0 Å². The van der Waals surface area contributed by atoms with Crippen LogP contribution >= 0.6 is 0 Å². The predicted octanol–water partition coefficient (Wildman–Crippen LogP) is 0.933. The minimum absolute atomic E-state index is 0.0214. The molecule has 1 saturated heterocycles. The summed E-state index contributed by atoms with van der Waals surface area (Å²) in [5, 5.41) is 3.96. The van der Waals surface area contributed by atoms with Gasteiger partial charge in [0, 0.05) is 0 Å². The summed E-state index contributed by atoms with van der Waals surface area (Å²) >= 11 is 0. The van der Waals surface area contributed by atoms with E-state index in [0.29, 0.717) is 55.9 Å². The molecule has 2 aromatic carbocycles. The standard InChI is InChI=1S/C26H24N6O2/c33-22-21(29-24-27-12-16-6-1-3-8-18(16)14-31(22)24)20-10-5-11-26(20)23(34)32-15-19-9-4-2-7-17(19)13-28-25(32)30-26/h1-4,6-9H,5,10-15H2,(H,27,29)(H,28,30)/b21-20-. The van der Waals surface area contributed by atoms with Crippen LogP contribution in [0.15, 0.2) is 63.3 Å². The monoisotopic (exact) mass is 452 g/mol. The number of fused-ring (bicyclic) bond motifs is 4. The number of aromatic nitrogens is 2. The minimum Gasteiger partial charge on any atom is -0.338 e. The third kappa shape index (κ3) is 2.65. The van der Waals surface area contributed by atoms with Gasteiger partial charge in [-0.3, -0.25) is 19.1 Å². The highest BCUT2D eigenvalue weighted by atomic mass is 16.2. The molecule has 1 spiro atoms. The molecule has 0 radical (unpaired) electrons. The minimum atomic E-state index is -0.924. The summed E-state index contributed by atoms with van der Waals surface area (Å²) < 4.78 is 1.70. The van der Waals surface area contributed by atoms with Crippen molar-refractivity contribution in [2.75, 3.05) is 0 Å². The van der Waals surface area contributed by atoms with E-state index >= 15 is 0 Å². The summed E-state index contributed by atoms with van der Waals surface area (Å²) in [4.78, 5) is 42.0. The Bertz CT molecular complexity index is 1580. The number of carbonyl (C=O) groups excluding carboxylic acids is 1. The first-order valence-corrected chi connectivity index (χ1v) is 11.8. The largest absolute Gasteiger partial charge is 0.338 e. The van der Waals surface area contributed by atoms with E-state index in [1.165, 1.54) is 0 Å². The summed E-state index contributed by atoms with van der Waals surface area (Å²) in [7, 11) is 0. The van der Waals surface area contributed by atoms with Crippen LogP contribution in [-0.4, -0.2) is 31.9 Å². The Balaban J connectivity index is 1.36. The van der Waals surface area contributed by atoms with Gasteiger partial charge in [0.15, 0.2) is 0 Å². The zero-order valence-electron chi connectivity index (χ0n) is 18.7. The first-order chi connectivity index (χ1) is 16.6. The van der Waals surface area contributed by atoms with Crippen LogP contribution in [0.1, 0.15) is 41.5 Å². The summed E-state index contributed by atoms with van der Waals surface area (Å²) in [6.45, 7) is 2.02. The van der Waals surface area contributed by atoms with E-state index in [1.54, 1.807) is 9.47 Å². The molecule has 4 aliphatic rings. The van der Waals surface area contributed by atoms with Gasteiger partial charge in [0.2, 0.25) is 11.6 Å². The number of hydrogen-bond acceptors (Lipinski definition) is 5. The lowest BCUT2D eigenvalue weighted by Crippen LogP contribution is -2.49. The fourth-order valence-electron chi connectivity index (χ4n) is 5.85. The van der Waals surface area contributed by atoms with Gasteiger partial charge in [-0.25, -0.2) is 9.98 Å². The molecule has 1 aliphatic carbocycles. The SMILES string of the molecule is O=C1N2Cc3ccccc3CN=C2NC12CCC/C2=c1/[nH]c2n(c1=O)Cc1ccccc1CN=2. The van der Waals surface area contributed by atoms with E-state index in [-0.39, 0.29) is 11.5 Å². The molecule has 1 aromatic heterocycles. The van der Waals surface area contributed by atoms with Crippen molar-refractivity contribution in [1.82, 2.24) is 19.8 Å². The van der Waals surface area contributed by atoms with Gasteiger partial charge >= 0.3 is 0 Å². The number of imidazole rings is 1. The highest BCUT2D eigenvalue weighted by Crippen LogP contribution is 2.41. The van der Waals surface area contributed by atoms with Crippen LogP contribution in [0.5, 0.6) is 0 Å². The summed E-state index contributed by atoms with van der Waals surface area (Å²) in [5.41, 5.74) is 4.83. The second-order valence-electron chi connectivity index (χ2n) is 9.46. The second kappa shape index (κ2) is 7.03. The number of H-pyrrole nitrogens is 1. The van der Waals surface area contributed by atoms with Gasteiger partial charge in [-0.2, -0.15) is 0 Å². The topological polar surface area (TPSA) is 94.9 Å². The van der Waals surface area contributed by atoms with Gasteiger partial charge in [0.05, 0.1) is 26.2 Å². The van der Waals surface area contributed by atoms with Crippen molar-refractivity contribution in [3.05, 3.63) is 92.1 Å². The van der Waals surface area contributed by atoms with Gasteiger partial charge in [-0.1, -0.05) is 48.5 Å². The van der Waals surface area contributed by atoms with E-state index < -0.39 is 5.54 Å². The van der Waals surface area contributed by atoms with Crippen molar-refractivity contribution in [2.24, 2.45) is 9.98 Å². The molecular weight excluding hydrogens is 428 g/mol. The third-order valence-corrected chi connectivity index (χ3v) is 7.63. The van der Waals surface area contributed by atoms with Crippen molar-refractivity contribution in [3.63, 3.8) is 0 Å². The van der Waals surface area contributed by atoms with Crippen LogP contribution in [0.2, 0.25) is 0 Å². The van der Waals surface area contributed by atoms with Crippen LogP contribution in [-0.2, 0) is 31.0 Å². The molecule has 1 amide bonds. The molecule has 4 heterocycles. The van der Waals surface area contributed by atoms with Gasteiger partial charge in [-0.05, 0) is 47.1 Å². The maximum absolute atomic E-state index is 13.9. The molecule has 170 valence electrons. The van der Waals surface area contributed by atoms with Crippen molar-refractivity contribution in [3.8, 4) is 0 Å². The Morgan fingerprint density at radius 2 is 1.53 bits per heavy atom. The van der Waals surface area contributed by atoms with Gasteiger partial charge in [-0.15, -0.1) is 0 Å². The number of guanidine groups is 1. The number of nitrogens with zero attached hydrogens (tertiary/aromatic N) is 4. The Labute approximate surface area is 195 Å². The molecule has 3 aromatic rings. The lowest BCUT2D eigenvalue weighted by molar-refractivity contribution is -0.129. The number of aromatic amines is 1. The Morgan fingerprint density at radius 1 is 0.853 bits per heavy atom. The van der Waals surface area contributed by atoms with E-state index in [9.17, 15) is 9.59 Å². The van der Waals surface area contributed by atoms with Crippen LogP contribution in [0.3, 0.4) is 0 Å². The fourth-order valence-corrected chi connectivity index (χ4v) is 5.85. The summed E-state index contributed by atoms with van der Waals surface area (Å²) in [6, 6.07) is 16.2.